The smallest absolute Gasteiger partial charge is 0.130 e. The van der Waals surface area contributed by atoms with Crippen molar-refractivity contribution in [1.29, 1.82) is 0 Å². The summed E-state index contributed by atoms with van der Waals surface area (Å²) in [6.07, 6.45) is 3.82. The van der Waals surface area contributed by atoms with E-state index < -0.39 is 0 Å². The summed E-state index contributed by atoms with van der Waals surface area (Å²) in [5, 5.41) is 3.48. The Hall–Kier alpha value is -0.880. The topological polar surface area (TPSA) is 29.9 Å². The Labute approximate surface area is 115 Å². The quantitative estimate of drug-likeness (QED) is 0.867. The second-order valence-corrected chi connectivity index (χ2v) is 5.18. The minimum absolute atomic E-state index is 0.164. The molecule has 1 heterocycles. The van der Waals surface area contributed by atoms with Crippen molar-refractivity contribution in [3.05, 3.63) is 51.6 Å². The van der Waals surface area contributed by atoms with E-state index in [0.717, 1.165) is 12.4 Å². The molecule has 0 aliphatic heterocycles. The van der Waals surface area contributed by atoms with Gasteiger partial charge in [-0.1, -0.05) is 19.1 Å². The Morgan fingerprint density at radius 3 is 2.59 bits per heavy atom. The standard InChI is InChI=1S/C13H16IN3/c1-3-15-12(13-16-8-9-17(13)2)10-4-6-11(14)7-5-10/h4-9,12,15H,3H2,1-2H3. The molecule has 0 saturated carbocycles. The summed E-state index contributed by atoms with van der Waals surface area (Å²) in [7, 11) is 2.03. The maximum Gasteiger partial charge on any atom is 0.130 e. The van der Waals surface area contributed by atoms with Crippen molar-refractivity contribution in [3.63, 3.8) is 0 Å². The van der Waals surface area contributed by atoms with Gasteiger partial charge in [-0.3, -0.25) is 0 Å². The molecule has 0 saturated heterocycles. The van der Waals surface area contributed by atoms with E-state index in [4.69, 9.17) is 0 Å². The highest BCUT2D eigenvalue weighted by molar-refractivity contribution is 14.1. The number of aromatic nitrogens is 2. The summed E-state index contributed by atoms with van der Waals surface area (Å²) in [4.78, 5) is 4.43. The van der Waals surface area contributed by atoms with Crippen molar-refractivity contribution in [2.75, 3.05) is 6.54 Å². The Kier molecular flexibility index (Phi) is 4.17. The first-order valence-corrected chi connectivity index (χ1v) is 6.76. The van der Waals surface area contributed by atoms with E-state index in [9.17, 15) is 0 Å². The second-order valence-electron chi connectivity index (χ2n) is 3.94. The van der Waals surface area contributed by atoms with Crippen molar-refractivity contribution >= 4 is 22.6 Å². The van der Waals surface area contributed by atoms with Gasteiger partial charge in [0.25, 0.3) is 0 Å². The van der Waals surface area contributed by atoms with Gasteiger partial charge in [-0.15, -0.1) is 0 Å². The summed E-state index contributed by atoms with van der Waals surface area (Å²) in [5.41, 5.74) is 1.25. The number of rotatable bonds is 4. The van der Waals surface area contributed by atoms with Gasteiger partial charge >= 0.3 is 0 Å². The zero-order valence-electron chi connectivity index (χ0n) is 10.0. The van der Waals surface area contributed by atoms with Crippen LogP contribution in [0.15, 0.2) is 36.7 Å². The van der Waals surface area contributed by atoms with Gasteiger partial charge in [-0.05, 0) is 46.8 Å². The highest BCUT2D eigenvalue weighted by Gasteiger charge is 2.16. The summed E-state index contributed by atoms with van der Waals surface area (Å²) >= 11 is 2.32. The number of benzene rings is 1. The number of nitrogens with one attached hydrogen (secondary N) is 1. The van der Waals surface area contributed by atoms with E-state index in [2.05, 4.69) is 68.6 Å². The minimum Gasteiger partial charge on any atom is -0.336 e. The third kappa shape index (κ3) is 2.87. The van der Waals surface area contributed by atoms with Gasteiger partial charge in [-0.25, -0.2) is 4.98 Å². The third-order valence-electron chi connectivity index (χ3n) is 2.73. The fourth-order valence-corrected chi connectivity index (χ4v) is 2.23. The highest BCUT2D eigenvalue weighted by atomic mass is 127. The maximum atomic E-state index is 4.43. The monoisotopic (exact) mass is 341 g/mol. The molecule has 2 aromatic rings. The lowest BCUT2D eigenvalue weighted by Gasteiger charge is -2.18. The van der Waals surface area contributed by atoms with Crippen LogP contribution < -0.4 is 5.32 Å². The van der Waals surface area contributed by atoms with Gasteiger partial charge in [0, 0.05) is 23.0 Å². The molecule has 1 unspecified atom stereocenters. The number of nitrogens with zero attached hydrogens (tertiary/aromatic N) is 2. The number of hydrogen-bond acceptors (Lipinski definition) is 2. The molecule has 3 nitrogen and oxygen atoms in total. The first kappa shape index (κ1) is 12.6. The zero-order chi connectivity index (χ0) is 12.3. The van der Waals surface area contributed by atoms with Crippen LogP contribution in [0.3, 0.4) is 0 Å². The largest absolute Gasteiger partial charge is 0.336 e. The van der Waals surface area contributed by atoms with Crippen LogP contribution in [-0.2, 0) is 7.05 Å². The molecule has 0 bridgehead atoms. The van der Waals surface area contributed by atoms with Gasteiger partial charge in [-0.2, -0.15) is 0 Å². The summed E-state index contributed by atoms with van der Waals surface area (Å²) in [6, 6.07) is 8.73. The van der Waals surface area contributed by atoms with Gasteiger partial charge in [0.15, 0.2) is 0 Å². The molecule has 2 rings (SSSR count). The second kappa shape index (κ2) is 5.64. The summed E-state index contributed by atoms with van der Waals surface area (Å²) in [6.45, 7) is 3.03. The molecular weight excluding hydrogens is 325 g/mol. The molecule has 0 fully saturated rings. The van der Waals surface area contributed by atoms with Crippen LogP contribution in [0.2, 0.25) is 0 Å². The zero-order valence-corrected chi connectivity index (χ0v) is 12.2. The van der Waals surface area contributed by atoms with E-state index >= 15 is 0 Å². The van der Waals surface area contributed by atoms with Crippen molar-refractivity contribution in [2.45, 2.75) is 13.0 Å². The fourth-order valence-electron chi connectivity index (χ4n) is 1.87. The molecule has 0 aliphatic carbocycles. The van der Waals surface area contributed by atoms with Crippen molar-refractivity contribution in [2.24, 2.45) is 7.05 Å². The molecule has 0 aliphatic rings. The molecule has 0 spiro atoms. The first-order valence-electron chi connectivity index (χ1n) is 5.68. The van der Waals surface area contributed by atoms with Crippen LogP contribution in [0, 0.1) is 3.57 Å². The first-order chi connectivity index (χ1) is 8.22. The Balaban J connectivity index is 2.35. The van der Waals surface area contributed by atoms with E-state index in [1.54, 1.807) is 0 Å². The van der Waals surface area contributed by atoms with E-state index in [-0.39, 0.29) is 6.04 Å². The van der Waals surface area contributed by atoms with Gasteiger partial charge in [0.1, 0.15) is 5.82 Å². The Morgan fingerprint density at radius 2 is 2.06 bits per heavy atom. The number of imidazole rings is 1. The minimum atomic E-state index is 0.164. The SMILES string of the molecule is CCNC(c1ccc(I)cc1)c1nccn1C. The average Bonchev–Trinajstić information content (AvgIpc) is 2.74. The van der Waals surface area contributed by atoms with Crippen LogP contribution in [0.25, 0.3) is 0 Å². The summed E-state index contributed by atoms with van der Waals surface area (Å²) < 4.78 is 3.31. The van der Waals surface area contributed by atoms with Crippen molar-refractivity contribution in [1.82, 2.24) is 14.9 Å². The molecule has 0 amide bonds. The van der Waals surface area contributed by atoms with E-state index in [1.165, 1.54) is 9.13 Å². The number of aryl methyl sites for hydroxylation is 1. The molecule has 1 aromatic heterocycles. The van der Waals surface area contributed by atoms with Crippen molar-refractivity contribution < 1.29 is 0 Å². The lowest BCUT2D eigenvalue weighted by atomic mass is 10.1. The maximum absolute atomic E-state index is 4.43. The lowest BCUT2D eigenvalue weighted by molar-refractivity contribution is 0.577. The molecule has 90 valence electrons. The van der Waals surface area contributed by atoms with Gasteiger partial charge in [0.05, 0.1) is 6.04 Å². The Morgan fingerprint density at radius 1 is 1.35 bits per heavy atom. The summed E-state index contributed by atoms with van der Waals surface area (Å²) in [5.74, 6) is 1.05. The van der Waals surface area contributed by atoms with Gasteiger partial charge in [0.2, 0.25) is 0 Å². The van der Waals surface area contributed by atoms with Crippen molar-refractivity contribution in [3.8, 4) is 0 Å². The van der Waals surface area contributed by atoms with Crippen LogP contribution >= 0.6 is 22.6 Å². The van der Waals surface area contributed by atoms with Gasteiger partial charge < -0.3 is 9.88 Å². The molecule has 1 atom stereocenters. The molecule has 4 heteroatoms. The molecule has 17 heavy (non-hydrogen) atoms. The van der Waals surface area contributed by atoms with E-state index in [1.807, 2.05) is 19.4 Å². The lowest BCUT2D eigenvalue weighted by Crippen LogP contribution is -2.24. The fraction of sp³-hybridized carbons (Fsp3) is 0.308. The molecule has 0 radical (unpaired) electrons. The van der Waals surface area contributed by atoms with E-state index in [0.29, 0.717) is 0 Å². The molecule has 1 aromatic carbocycles. The number of hydrogen-bond donors (Lipinski definition) is 1. The van der Waals surface area contributed by atoms with Crippen LogP contribution in [0.5, 0.6) is 0 Å². The van der Waals surface area contributed by atoms with Crippen LogP contribution in [-0.4, -0.2) is 16.1 Å². The molecule has 1 N–H and O–H groups in total. The van der Waals surface area contributed by atoms with Crippen LogP contribution in [0.4, 0.5) is 0 Å². The molecular formula is C13H16IN3. The number of halogens is 1. The average molecular weight is 341 g/mol. The Bertz CT molecular complexity index is 476. The third-order valence-corrected chi connectivity index (χ3v) is 3.45. The highest BCUT2D eigenvalue weighted by Crippen LogP contribution is 2.21. The van der Waals surface area contributed by atoms with Crippen LogP contribution in [0.1, 0.15) is 24.4 Å². The predicted molar refractivity (Wildman–Crippen MR) is 77.9 cm³/mol. The normalized spacial score (nSPS) is 12.6. The predicted octanol–water partition coefficient (Wildman–Crippen LogP) is 2.72.